The Labute approximate surface area is 110 Å². The molecule has 2 rings (SSSR count). The van der Waals surface area contributed by atoms with Gasteiger partial charge in [0.2, 0.25) is 0 Å². The van der Waals surface area contributed by atoms with E-state index in [4.69, 9.17) is 0 Å². The van der Waals surface area contributed by atoms with E-state index in [1.165, 1.54) is 12.8 Å². The molecule has 1 atom stereocenters. The molecule has 4 nitrogen and oxygen atoms in total. The highest BCUT2D eigenvalue weighted by atomic mass is 15.2. The van der Waals surface area contributed by atoms with Crippen LogP contribution in [0.3, 0.4) is 0 Å². The van der Waals surface area contributed by atoms with Crippen molar-refractivity contribution in [3.63, 3.8) is 0 Å². The standard InChI is InChI=1S/C14H24N4/c1-4-15-13-6-5-7-14(17-13)16-10-11(2)18(3)12-8-9-12/h5-7,11-12H,4,8-10H2,1-3H3,(H2,15,16,17). The summed E-state index contributed by atoms with van der Waals surface area (Å²) in [6.45, 7) is 6.18. The Hall–Kier alpha value is -1.29. The Bertz CT molecular complexity index is 376. The molecule has 0 aromatic carbocycles. The van der Waals surface area contributed by atoms with Gasteiger partial charge in [-0.05, 0) is 45.9 Å². The number of pyridine rings is 1. The van der Waals surface area contributed by atoms with E-state index >= 15 is 0 Å². The molecule has 0 spiro atoms. The van der Waals surface area contributed by atoms with Crippen LogP contribution in [-0.2, 0) is 0 Å². The minimum Gasteiger partial charge on any atom is -0.370 e. The average molecular weight is 248 g/mol. The molecule has 100 valence electrons. The minimum absolute atomic E-state index is 0.544. The molecule has 1 fully saturated rings. The van der Waals surface area contributed by atoms with Gasteiger partial charge in [-0.2, -0.15) is 0 Å². The van der Waals surface area contributed by atoms with Gasteiger partial charge in [-0.15, -0.1) is 0 Å². The summed E-state index contributed by atoms with van der Waals surface area (Å²) < 4.78 is 0. The molecule has 0 amide bonds. The molecule has 2 N–H and O–H groups in total. The summed E-state index contributed by atoms with van der Waals surface area (Å²) in [4.78, 5) is 6.97. The number of hydrogen-bond acceptors (Lipinski definition) is 4. The summed E-state index contributed by atoms with van der Waals surface area (Å²) in [6, 6.07) is 7.40. The largest absolute Gasteiger partial charge is 0.370 e. The van der Waals surface area contributed by atoms with E-state index in [-0.39, 0.29) is 0 Å². The first kappa shape index (κ1) is 13.1. The smallest absolute Gasteiger partial charge is 0.128 e. The van der Waals surface area contributed by atoms with Crippen molar-refractivity contribution in [3.05, 3.63) is 18.2 Å². The normalized spacial score (nSPS) is 16.7. The zero-order chi connectivity index (χ0) is 13.0. The Kier molecular flexibility index (Phi) is 4.42. The van der Waals surface area contributed by atoms with E-state index in [9.17, 15) is 0 Å². The predicted octanol–water partition coefficient (Wildman–Crippen LogP) is 2.41. The first-order chi connectivity index (χ1) is 8.70. The van der Waals surface area contributed by atoms with Crippen LogP contribution in [-0.4, -0.2) is 42.1 Å². The van der Waals surface area contributed by atoms with Crippen LogP contribution in [0.4, 0.5) is 11.6 Å². The van der Waals surface area contributed by atoms with Crippen molar-refractivity contribution in [3.8, 4) is 0 Å². The van der Waals surface area contributed by atoms with E-state index in [0.717, 1.165) is 30.8 Å². The quantitative estimate of drug-likeness (QED) is 0.777. The van der Waals surface area contributed by atoms with Gasteiger partial charge in [0, 0.05) is 25.2 Å². The molecule has 1 aliphatic rings. The van der Waals surface area contributed by atoms with Crippen LogP contribution >= 0.6 is 0 Å². The Morgan fingerprint density at radius 2 is 2.00 bits per heavy atom. The van der Waals surface area contributed by atoms with Crippen LogP contribution in [0.5, 0.6) is 0 Å². The molecule has 0 aliphatic heterocycles. The maximum absolute atomic E-state index is 4.51. The van der Waals surface area contributed by atoms with Gasteiger partial charge in [0.25, 0.3) is 0 Å². The van der Waals surface area contributed by atoms with Crippen LogP contribution < -0.4 is 10.6 Å². The first-order valence-corrected chi connectivity index (χ1v) is 6.87. The minimum atomic E-state index is 0.544. The lowest BCUT2D eigenvalue weighted by Crippen LogP contribution is -2.36. The van der Waals surface area contributed by atoms with Crippen molar-refractivity contribution in [2.24, 2.45) is 0 Å². The number of nitrogens with zero attached hydrogens (tertiary/aromatic N) is 2. The lowest BCUT2D eigenvalue weighted by atomic mass is 10.3. The van der Waals surface area contributed by atoms with Gasteiger partial charge in [0.1, 0.15) is 11.6 Å². The van der Waals surface area contributed by atoms with E-state index in [1.54, 1.807) is 0 Å². The Balaban J connectivity index is 1.83. The van der Waals surface area contributed by atoms with E-state index < -0.39 is 0 Å². The summed E-state index contributed by atoms with van der Waals surface area (Å²) in [6.07, 6.45) is 2.71. The molecule has 1 saturated carbocycles. The predicted molar refractivity (Wildman–Crippen MR) is 77.1 cm³/mol. The van der Waals surface area contributed by atoms with Gasteiger partial charge in [-0.3, -0.25) is 4.90 Å². The summed E-state index contributed by atoms with van der Waals surface area (Å²) in [7, 11) is 2.21. The van der Waals surface area contributed by atoms with Crippen LogP contribution in [0.15, 0.2) is 18.2 Å². The second-order valence-electron chi connectivity index (χ2n) is 5.06. The number of likely N-dealkylation sites (N-methyl/N-ethyl adjacent to an activating group) is 1. The van der Waals surface area contributed by atoms with Gasteiger partial charge in [0.05, 0.1) is 0 Å². The van der Waals surface area contributed by atoms with Crippen molar-refractivity contribution in [2.75, 3.05) is 30.8 Å². The van der Waals surface area contributed by atoms with Crippen molar-refractivity contribution in [1.82, 2.24) is 9.88 Å². The van der Waals surface area contributed by atoms with Crippen LogP contribution in [0.25, 0.3) is 0 Å². The number of aromatic nitrogens is 1. The average Bonchev–Trinajstić information content (AvgIpc) is 3.20. The highest BCUT2D eigenvalue weighted by Gasteiger charge is 2.28. The monoisotopic (exact) mass is 248 g/mol. The molecule has 1 aliphatic carbocycles. The zero-order valence-electron chi connectivity index (χ0n) is 11.6. The third-order valence-electron chi connectivity index (χ3n) is 3.50. The Morgan fingerprint density at radius 1 is 1.33 bits per heavy atom. The third kappa shape index (κ3) is 3.60. The summed E-state index contributed by atoms with van der Waals surface area (Å²) >= 11 is 0. The fourth-order valence-electron chi connectivity index (χ4n) is 2.05. The van der Waals surface area contributed by atoms with E-state index in [2.05, 4.69) is 41.4 Å². The number of rotatable bonds is 7. The number of hydrogen-bond donors (Lipinski definition) is 2. The van der Waals surface area contributed by atoms with Gasteiger partial charge < -0.3 is 10.6 Å². The van der Waals surface area contributed by atoms with Gasteiger partial charge in [0.15, 0.2) is 0 Å². The van der Waals surface area contributed by atoms with E-state index in [0.29, 0.717) is 6.04 Å². The van der Waals surface area contributed by atoms with Crippen LogP contribution in [0.2, 0.25) is 0 Å². The summed E-state index contributed by atoms with van der Waals surface area (Å²) in [5.74, 6) is 1.88. The molecule has 0 saturated heterocycles. The molecule has 1 aromatic rings. The summed E-state index contributed by atoms with van der Waals surface area (Å²) in [5, 5.41) is 6.64. The highest BCUT2D eigenvalue weighted by molar-refractivity contribution is 5.45. The zero-order valence-corrected chi connectivity index (χ0v) is 11.6. The van der Waals surface area contributed by atoms with Crippen LogP contribution in [0, 0.1) is 0 Å². The molecule has 1 unspecified atom stereocenters. The van der Waals surface area contributed by atoms with Gasteiger partial charge in [-0.25, -0.2) is 4.98 Å². The lowest BCUT2D eigenvalue weighted by Gasteiger charge is -2.24. The third-order valence-corrected chi connectivity index (χ3v) is 3.50. The molecule has 0 radical (unpaired) electrons. The molecule has 1 aromatic heterocycles. The molecule has 4 heteroatoms. The molecule has 0 bridgehead atoms. The highest BCUT2D eigenvalue weighted by Crippen LogP contribution is 2.26. The molecule has 1 heterocycles. The second kappa shape index (κ2) is 6.05. The maximum Gasteiger partial charge on any atom is 0.128 e. The number of nitrogens with one attached hydrogen (secondary N) is 2. The SMILES string of the molecule is CCNc1cccc(NCC(C)N(C)C2CC2)n1. The van der Waals surface area contributed by atoms with Gasteiger partial charge >= 0.3 is 0 Å². The van der Waals surface area contributed by atoms with Gasteiger partial charge in [-0.1, -0.05) is 6.07 Å². The molecule has 18 heavy (non-hydrogen) atoms. The van der Waals surface area contributed by atoms with Crippen molar-refractivity contribution < 1.29 is 0 Å². The fourth-order valence-corrected chi connectivity index (χ4v) is 2.05. The summed E-state index contributed by atoms with van der Waals surface area (Å²) in [5.41, 5.74) is 0. The van der Waals surface area contributed by atoms with Crippen molar-refractivity contribution >= 4 is 11.6 Å². The second-order valence-corrected chi connectivity index (χ2v) is 5.06. The maximum atomic E-state index is 4.51. The first-order valence-electron chi connectivity index (χ1n) is 6.87. The Morgan fingerprint density at radius 3 is 2.61 bits per heavy atom. The lowest BCUT2D eigenvalue weighted by molar-refractivity contribution is 0.257. The van der Waals surface area contributed by atoms with Crippen molar-refractivity contribution in [1.29, 1.82) is 0 Å². The number of anilines is 2. The van der Waals surface area contributed by atoms with E-state index in [1.807, 2.05) is 18.2 Å². The van der Waals surface area contributed by atoms with Crippen LogP contribution in [0.1, 0.15) is 26.7 Å². The van der Waals surface area contributed by atoms with Crippen molar-refractivity contribution in [2.45, 2.75) is 38.8 Å². The fraction of sp³-hybridized carbons (Fsp3) is 0.643. The molecular weight excluding hydrogens is 224 g/mol. The molecular formula is C14H24N4. The topological polar surface area (TPSA) is 40.2 Å².